The molecule has 1 N–H and O–H groups in total. The van der Waals surface area contributed by atoms with Crippen LogP contribution >= 0.6 is 0 Å². The van der Waals surface area contributed by atoms with Gasteiger partial charge >= 0.3 is 6.18 Å². The first-order valence-corrected chi connectivity index (χ1v) is 10.1. The molecule has 0 spiro atoms. The highest BCUT2D eigenvalue weighted by Gasteiger charge is 2.34. The summed E-state index contributed by atoms with van der Waals surface area (Å²) in [5, 5.41) is 2.68. The molecular formula is C23H24F3N3O2. The van der Waals surface area contributed by atoms with Crippen LogP contribution in [0, 0.1) is 12.5 Å². The number of amides is 1. The maximum Gasteiger partial charge on any atom is 0.407 e. The van der Waals surface area contributed by atoms with Crippen LogP contribution in [-0.2, 0) is 11.0 Å². The van der Waals surface area contributed by atoms with E-state index in [2.05, 4.69) is 10.2 Å². The fourth-order valence-corrected chi connectivity index (χ4v) is 3.27. The van der Waals surface area contributed by atoms with E-state index in [1.54, 1.807) is 30.3 Å². The second-order valence-corrected chi connectivity index (χ2v) is 7.61. The number of carbonyl (C=O) groups excluding carboxylic acids is 1. The molecule has 0 aliphatic heterocycles. The number of ether oxygens (including phenoxy) is 1. The predicted molar refractivity (Wildman–Crippen MR) is 114 cm³/mol. The molecular weight excluding hydrogens is 407 g/mol. The Morgan fingerprint density at radius 1 is 1.23 bits per heavy atom. The van der Waals surface area contributed by atoms with Crippen LogP contribution in [0.25, 0.3) is 4.85 Å². The van der Waals surface area contributed by atoms with Gasteiger partial charge in [-0.25, -0.2) is 4.85 Å². The maximum atomic E-state index is 13.3. The first kappa shape index (κ1) is 22.5. The van der Waals surface area contributed by atoms with Gasteiger partial charge in [-0.1, -0.05) is 6.07 Å². The van der Waals surface area contributed by atoms with Crippen molar-refractivity contribution >= 4 is 23.0 Å². The molecule has 8 heteroatoms. The average molecular weight is 431 g/mol. The lowest BCUT2D eigenvalue weighted by molar-refractivity contribution is -0.136. The molecule has 0 radical (unpaired) electrons. The van der Waals surface area contributed by atoms with E-state index in [1.807, 2.05) is 4.90 Å². The largest absolute Gasteiger partial charge is 0.494 e. The van der Waals surface area contributed by atoms with Gasteiger partial charge < -0.3 is 15.0 Å². The molecule has 0 aromatic heterocycles. The molecule has 0 bridgehead atoms. The number of rotatable bonds is 9. The van der Waals surface area contributed by atoms with E-state index < -0.39 is 11.7 Å². The van der Waals surface area contributed by atoms with Crippen molar-refractivity contribution in [2.45, 2.75) is 32.4 Å². The molecule has 1 aliphatic rings. The molecule has 1 saturated carbocycles. The van der Waals surface area contributed by atoms with Crippen molar-refractivity contribution < 1.29 is 22.7 Å². The minimum atomic E-state index is -4.56. The summed E-state index contributed by atoms with van der Waals surface area (Å²) < 4.78 is 45.8. The summed E-state index contributed by atoms with van der Waals surface area (Å²) in [5.41, 5.74) is -0.116. The van der Waals surface area contributed by atoms with Crippen molar-refractivity contribution in [3.05, 3.63) is 59.4 Å². The molecule has 1 aliphatic carbocycles. The first-order valence-electron chi connectivity index (χ1n) is 10.1. The zero-order valence-electron chi connectivity index (χ0n) is 17.2. The van der Waals surface area contributed by atoms with Gasteiger partial charge in [0.05, 0.1) is 18.7 Å². The SMILES string of the molecule is [C-]#[N+]c1ccc(N(CCCOc2ccc(NC(C)=O)cc2)CC2CC2)cc1C(F)(F)F. The second-order valence-electron chi connectivity index (χ2n) is 7.61. The van der Waals surface area contributed by atoms with Crippen molar-refractivity contribution in [3.8, 4) is 5.75 Å². The molecule has 3 rings (SSSR count). The van der Waals surface area contributed by atoms with E-state index in [0.29, 0.717) is 49.2 Å². The molecule has 1 amide bonds. The van der Waals surface area contributed by atoms with Crippen LogP contribution in [0.5, 0.6) is 5.75 Å². The van der Waals surface area contributed by atoms with Crippen LogP contribution in [0.15, 0.2) is 42.5 Å². The summed E-state index contributed by atoms with van der Waals surface area (Å²) in [6.45, 7) is 10.1. The van der Waals surface area contributed by atoms with Crippen molar-refractivity contribution in [3.63, 3.8) is 0 Å². The first-order chi connectivity index (χ1) is 14.8. The topological polar surface area (TPSA) is 45.9 Å². The number of carbonyl (C=O) groups is 1. The third kappa shape index (κ3) is 6.64. The van der Waals surface area contributed by atoms with E-state index in [9.17, 15) is 18.0 Å². The van der Waals surface area contributed by atoms with Gasteiger partial charge in [-0.3, -0.25) is 4.79 Å². The highest BCUT2D eigenvalue weighted by Crippen LogP contribution is 2.39. The molecule has 0 saturated heterocycles. The number of hydrogen-bond acceptors (Lipinski definition) is 3. The highest BCUT2D eigenvalue weighted by atomic mass is 19.4. The number of benzene rings is 2. The van der Waals surface area contributed by atoms with Crippen LogP contribution in [0.2, 0.25) is 0 Å². The molecule has 31 heavy (non-hydrogen) atoms. The number of nitrogens with zero attached hydrogens (tertiary/aromatic N) is 2. The molecule has 2 aromatic carbocycles. The van der Waals surface area contributed by atoms with Gasteiger partial charge in [0, 0.05) is 31.4 Å². The zero-order chi connectivity index (χ0) is 22.4. The Morgan fingerprint density at radius 3 is 2.52 bits per heavy atom. The van der Waals surface area contributed by atoms with Crippen molar-refractivity contribution in [2.24, 2.45) is 5.92 Å². The van der Waals surface area contributed by atoms with Gasteiger partial charge in [0.15, 0.2) is 5.69 Å². The van der Waals surface area contributed by atoms with Crippen molar-refractivity contribution in [1.29, 1.82) is 0 Å². The summed E-state index contributed by atoms with van der Waals surface area (Å²) in [6, 6.07) is 10.9. The van der Waals surface area contributed by atoms with Crippen LogP contribution < -0.4 is 15.0 Å². The van der Waals surface area contributed by atoms with E-state index >= 15 is 0 Å². The Labute approximate surface area is 179 Å². The standard InChI is InChI=1S/C23H24F3N3O2/c1-16(30)28-18-6-9-20(10-7-18)31-13-3-12-29(15-17-4-5-17)19-8-11-22(27-2)21(14-19)23(24,25)26/h6-11,14,17H,3-5,12-13,15H2,1H3,(H,28,30). The van der Waals surface area contributed by atoms with E-state index in [0.717, 1.165) is 18.9 Å². The molecule has 164 valence electrons. The monoisotopic (exact) mass is 431 g/mol. The van der Waals surface area contributed by atoms with E-state index in [1.165, 1.54) is 13.0 Å². The van der Waals surface area contributed by atoms with Crippen LogP contribution in [0.3, 0.4) is 0 Å². The van der Waals surface area contributed by atoms with E-state index in [4.69, 9.17) is 11.3 Å². The molecule has 0 atom stereocenters. The number of halogens is 3. The normalized spacial score (nSPS) is 13.4. The quantitative estimate of drug-likeness (QED) is 0.397. The van der Waals surface area contributed by atoms with Gasteiger partial charge in [-0.15, -0.1) is 0 Å². The lowest BCUT2D eigenvalue weighted by Gasteiger charge is -2.26. The Hall–Kier alpha value is -3.21. The summed E-state index contributed by atoms with van der Waals surface area (Å²) >= 11 is 0. The number of anilines is 2. The average Bonchev–Trinajstić information content (AvgIpc) is 3.54. The summed E-state index contributed by atoms with van der Waals surface area (Å²) in [4.78, 5) is 16.0. The third-order valence-corrected chi connectivity index (χ3v) is 4.96. The Kier molecular flexibility index (Phi) is 7.06. The summed E-state index contributed by atoms with van der Waals surface area (Å²) in [6.07, 6.45) is -1.76. The minimum Gasteiger partial charge on any atom is -0.494 e. The Bertz CT molecular complexity index is 948. The van der Waals surface area contributed by atoms with Gasteiger partial charge in [0.25, 0.3) is 0 Å². The number of hydrogen-bond donors (Lipinski definition) is 1. The van der Waals surface area contributed by atoms with Crippen LogP contribution in [-0.4, -0.2) is 25.6 Å². The highest BCUT2D eigenvalue weighted by molar-refractivity contribution is 5.88. The van der Waals surface area contributed by atoms with Crippen molar-refractivity contribution in [2.75, 3.05) is 29.9 Å². The molecule has 1 fully saturated rings. The molecule has 2 aromatic rings. The van der Waals surface area contributed by atoms with Gasteiger partial charge in [-0.2, -0.15) is 13.2 Å². The van der Waals surface area contributed by atoms with Gasteiger partial charge in [-0.05, 0) is 61.6 Å². The van der Waals surface area contributed by atoms with Gasteiger partial charge in [0.1, 0.15) is 5.75 Å². The number of nitrogens with one attached hydrogen (secondary N) is 1. The lowest BCUT2D eigenvalue weighted by Crippen LogP contribution is -2.28. The van der Waals surface area contributed by atoms with Crippen molar-refractivity contribution in [1.82, 2.24) is 0 Å². The molecule has 0 heterocycles. The minimum absolute atomic E-state index is 0.150. The Balaban J connectivity index is 1.61. The Morgan fingerprint density at radius 2 is 1.94 bits per heavy atom. The fourth-order valence-electron chi connectivity index (χ4n) is 3.27. The lowest BCUT2D eigenvalue weighted by atomic mass is 10.1. The maximum absolute atomic E-state index is 13.3. The predicted octanol–water partition coefficient (Wildman–Crippen LogP) is 5.90. The number of alkyl halides is 3. The molecule has 0 unspecified atom stereocenters. The van der Waals surface area contributed by atoms with Crippen LogP contribution in [0.4, 0.5) is 30.2 Å². The van der Waals surface area contributed by atoms with Crippen LogP contribution in [0.1, 0.15) is 31.7 Å². The summed E-state index contributed by atoms with van der Waals surface area (Å²) in [7, 11) is 0. The van der Waals surface area contributed by atoms with E-state index in [-0.39, 0.29) is 11.6 Å². The molecule has 5 nitrogen and oxygen atoms in total. The third-order valence-electron chi connectivity index (χ3n) is 4.96. The summed E-state index contributed by atoms with van der Waals surface area (Å²) in [5.74, 6) is 1.00. The zero-order valence-corrected chi connectivity index (χ0v) is 17.2. The smallest absolute Gasteiger partial charge is 0.407 e. The fraction of sp³-hybridized carbons (Fsp3) is 0.391. The second kappa shape index (κ2) is 9.73. The van der Waals surface area contributed by atoms with Gasteiger partial charge in [0.2, 0.25) is 5.91 Å².